The van der Waals surface area contributed by atoms with Crippen LogP contribution in [0.3, 0.4) is 0 Å². The van der Waals surface area contributed by atoms with Gasteiger partial charge in [-0.15, -0.1) is 0 Å². The number of likely N-dealkylation sites (tertiary alicyclic amines) is 1. The van der Waals surface area contributed by atoms with Crippen molar-refractivity contribution in [3.05, 3.63) is 24.3 Å². The average Bonchev–Trinajstić information content (AvgIpc) is 3.10. The first-order valence-electron chi connectivity index (χ1n) is 11.7. The van der Waals surface area contributed by atoms with Crippen LogP contribution in [0.15, 0.2) is 24.3 Å². The molecule has 1 atom stereocenters. The Morgan fingerprint density at radius 3 is 2.52 bits per heavy atom. The molecular formula is C24H37N5. The van der Waals surface area contributed by atoms with E-state index < -0.39 is 0 Å². The highest BCUT2D eigenvalue weighted by Crippen LogP contribution is 2.28. The van der Waals surface area contributed by atoms with Gasteiger partial charge in [-0.2, -0.15) is 4.98 Å². The van der Waals surface area contributed by atoms with Crippen molar-refractivity contribution in [2.75, 3.05) is 42.9 Å². The van der Waals surface area contributed by atoms with Gasteiger partial charge in [-0.05, 0) is 50.3 Å². The summed E-state index contributed by atoms with van der Waals surface area (Å²) in [6, 6.07) is 8.92. The molecule has 0 unspecified atom stereocenters. The molecule has 158 valence electrons. The summed E-state index contributed by atoms with van der Waals surface area (Å²) in [6.07, 6.45) is 8.95. The Hall–Kier alpha value is -1.88. The van der Waals surface area contributed by atoms with Gasteiger partial charge >= 0.3 is 0 Å². The highest BCUT2D eigenvalue weighted by molar-refractivity contribution is 5.90. The van der Waals surface area contributed by atoms with Gasteiger partial charge in [0.05, 0.1) is 5.52 Å². The monoisotopic (exact) mass is 395 g/mol. The zero-order valence-electron chi connectivity index (χ0n) is 18.2. The van der Waals surface area contributed by atoms with Gasteiger partial charge in [0.1, 0.15) is 5.82 Å². The van der Waals surface area contributed by atoms with Crippen molar-refractivity contribution in [2.45, 2.75) is 64.8 Å². The van der Waals surface area contributed by atoms with E-state index in [4.69, 9.17) is 9.97 Å². The van der Waals surface area contributed by atoms with E-state index in [0.29, 0.717) is 12.0 Å². The molecule has 2 aliphatic heterocycles. The number of anilines is 2. The van der Waals surface area contributed by atoms with Crippen LogP contribution in [0.25, 0.3) is 10.9 Å². The molecule has 2 aliphatic rings. The average molecular weight is 396 g/mol. The maximum atomic E-state index is 5.06. The zero-order valence-corrected chi connectivity index (χ0v) is 18.2. The molecule has 0 bridgehead atoms. The number of rotatable bonds is 5. The van der Waals surface area contributed by atoms with Crippen molar-refractivity contribution in [3.63, 3.8) is 0 Å². The second kappa shape index (κ2) is 9.75. The molecule has 2 fully saturated rings. The highest BCUT2D eigenvalue weighted by Gasteiger charge is 2.21. The third-order valence-electron chi connectivity index (χ3n) is 6.20. The van der Waals surface area contributed by atoms with Gasteiger partial charge in [0, 0.05) is 37.6 Å². The number of nitrogens with zero attached hydrogens (tertiary/aromatic N) is 4. The fourth-order valence-corrected chi connectivity index (χ4v) is 4.85. The second-order valence-corrected chi connectivity index (χ2v) is 9.28. The van der Waals surface area contributed by atoms with Crippen molar-refractivity contribution in [2.24, 2.45) is 5.92 Å². The first-order valence-corrected chi connectivity index (χ1v) is 11.7. The van der Waals surface area contributed by atoms with Gasteiger partial charge in [-0.1, -0.05) is 45.2 Å². The first kappa shape index (κ1) is 20.4. The van der Waals surface area contributed by atoms with E-state index in [2.05, 4.69) is 53.2 Å². The smallest absolute Gasteiger partial charge is 0.225 e. The van der Waals surface area contributed by atoms with E-state index in [1.807, 2.05) is 0 Å². The largest absolute Gasteiger partial charge is 0.356 e. The quantitative estimate of drug-likeness (QED) is 0.777. The van der Waals surface area contributed by atoms with E-state index in [-0.39, 0.29) is 0 Å². The molecule has 2 saturated heterocycles. The number of hydrogen-bond acceptors (Lipinski definition) is 5. The number of nitrogens with one attached hydrogen (secondary N) is 1. The molecule has 1 aromatic heterocycles. The molecule has 5 heteroatoms. The van der Waals surface area contributed by atoms with Crippen LogP contribution in [0, 0.1) is 5.92 Å². The lowest BCUT2D eigenvalue weighted by molar-refractivity contribution is 0.247. The Labute approximate surface area is 175 Å². The number of aromatic nitrogens is 2. The second-order valence-electron chi connectivity index (χ2n) is 9.28. The molecule has 29 heavy (non-hydrogen) atoms. The number of benzene rings is 1. The van der Waals surface area contributed by atoms with Crippen LogP contribution in [-0.4, -0.2) is 53.6 Å². The minimum absolute atomic E-state index is 0.425. The Kier molecular flexibility index (Phi) is 6.86. The minimum Gasteiger partial charge on any atom is -0.356 e. The first-order chi connectivity index (χ1) is 14.2. The third kappa shape index (κ3) is 5.39. The maximum absolute atomic E-state index is 5.06. The topological polar surface area (TPSA) is 44.3 Å². The van der Waals surface area contributed by atoms with E-state index in [0.717, 1.165) is 36.9 Å². The molecular weight excluding hydrogens is 358 g/mol. The maximum Gasteiger partial charge on any atom is 0.225 e. The van der Waals surface area contributed by atoms with E-state index in [9.17, 15) is 0 Å². The van der Waals surface area contributed by atoms with Crippen LogP contribution in [0.4, 0.5) is 11.8 Å². The normalized spacial score (nSPS) is 21.9. The molecule has 2 aromatic rings. The molecule has 0 radical (unpaired) electrons. The van der Waals surface area contributed by atoms with Crippen LogP contribution < -0.4 is 10.2 Å². The fourth-order valence-electron chi connectivity index (χ4n) is 4.85. The lowest BCUT2D eigenvalue weighted by Crippen LogP contribution is -2.37. The summed E-state index contributed by atoms with van der Waals surface area (Å²) in [5, 5.41) is 4.90. The summed E-state index contributed by atoms with van der Waals surface area (Å²) in [5.74, 6) is 2.63. The molecule has 0 spiro atoms. The van der Waals surface area contributed by atoms with Gasteiger partial charge < -0.3 is 15.1 Å². The van der Waals surface area contributed by atoms with Crippen molar-refractivity contribution in [3.8, 4) is 0 Å². The van der Waals surface area contributed by atoms with Crippen LogP contribution in [0.1, 0.15) is 58.8 Å². The fraction of sp³-hybridized carbons (Fsp3) is 0.667. The third-order valence-corrected chi connectivity index (χ3v) is 6.20. The standard InChI is InChI=1S/C24H37N5/c1-19(2)17-28-14-10-7-11-20(18-28)25-24-26-22-13-6-5-12-21(22)23(27-24)29-15-8-3-4-9-16-29/h5-6,12-13,19-20H,3-4,7-11,14-18H2,1-2H3,(H,25,26,27)/t20-/m0/s1. The number of hydrogen-bond donors (Lipinski definition) is 1. The highest BCUT2D eigenvalue weighted by atomic mass is 15.2. The van der Waals surface area contributed by atoms with Gasteiger partial charge in [-0.3, -0.25) is 0 Å². The molecule has 5 nitrogen and oxygen atoms in total. The number of fused-ring (bicyclic) bond motifs is 1. The number of para-hydroxylation sites is 1. The summed E-state index contributed by atoms with van der Waals surface area (Å²) < 4.78 is 0. The Morgan fingerprint density at radius 1 is 0.966 bits per heavy atom. The van der Waals surface area contributed by atoms with Crippen molar-refractivity contribution in [1.82, 2.24) is 14.9 Å². The van der Waals surface area contributed by atoms with E-state index in [1.54, 1.807) is 0 Å². The summed E-state index contributed by atoms with van der Waals surface area (Å²) >= 11 is 0. The summed E-state index contributed by atoms with van der Waals surface area (Å²) in [4.78, 5) is 15.1. The molecule has 0 amide bonds. The summed E-state index contributed by atoms with van der Waals surface area (Å²) in [5.41, 5.74) is 1.05. The van der Waals surface area contributed by atoms with Crippen LogP contribution in [-0.2, 0) is 0 Å². The Morgan fingerprint density at radius 2 is 1.72 bits per heavy atom. The lowest BCUT2D eigenvalue weighted by atomic mass is 10.1. The summed E-state index contributed by atoms with van der Waals surface area (Å²) in [7, 11) is 0. The zero-order chi connectivity index (χ0) is 20.1. The Bertz CT molecular complexity index is 782. The molecule has 1 aromatic carbocycles. The van der Waals surface area contributed by atoms with Gasteiger partial charge in [0.2, 0.25) is 5.95 Å². The van der Waals surface area contributed by atoms with E-state index in [1.165, 1.54) is 63.4 Å². The molecule has 0 saturated carbocycles. The lowest BCUT2D eigenvalue weighted by Gasteiger charge is -2.27. The van der Waals surface area contributed by atoms with Crippen molar-refractivity contribution in [1.29, 1.82) is 0 Å². The van der Waals surface area contributed by atoms with Crippen LogP contribution in [0.2, 0.25) is 0 Å². The van der Waals surface area contributed by atoms with Gasteiger partial charge in [0.15, 0.2) is 0 Å². The van der Waals surface area contributed by atoms with E-state index >= 15 is 0 Å². The Balaban J connectivity index is 1.58. The van der Waals surface area contributed by atoms with Crippen molar-refractivity contribution < 1.29 is 0 Å². The molecule has 3 heterocycles. The van der Waals surface area contributed by atoms with Crippen LogP contribution in [0.5, 0.6) is 0 Å². The summed E-state index contributed by atoms with van der Waals surface area (Å²) in [6.45, 7) is 10.3. The predicted molar refractivity (Wildman–Crippen MR) is 123 cm³/mol. The molecule has 0 aliphatic carbocycles. The van der Waals surface area contributed by atoms with Gasteiger partial charge in [0.25, 0.3) is 0 Å². The SMILES string of the molecule is CC(C)CN1CCCC[C@H](Nc2nc(N3CCCCCC3)c3ccccc3n2)C1. The van der Waals surface area contributed by atoms with Crippen molar-refractivity contribution >= 4 is 22.7 Å². The molecule has 4 rings (SSSR count). The van der Waals surface area contributed by atoms with Gasteiger partial charge in [-0.25, -0.2) is 4.98 Å². The molecule has 1 N–H and O–H groups in total. The minimum atomic E-state index is 0.425. The predicted octanol–water partition coefficient (Wildman–Crippen LogP) is 4.93. The van der Waals surface area contributed by atoms with Crippen LogP contribution >= 0.6 is 0 Å².